The second-order valence-electron chi connectivity index (χ2n) is 15.2. The van der Waals surface area contributed by atoms with E-state index in [1.807, 2.05) is 24.3 Å². The zero-order chi connectivity index (χ0) is 38.3. The quantitative estimate of drug-likeness (QED) is 0.150. The summed E-state index contributed by atoms with van der Waals surface area (Å²) in [5, 5.41) is 15.6. The number of fused-ring (bicyclic) bond motifs is 4. The lowest BCUT2D eigenvalue weighted by Gasteiger charge is -2.42. The molecule has 4 heterocycles. The van der Waals surface area contributed by atoms with E-state index in [0.29, 0.717) is 10.9 Å². The van der Waals surface area contributed by atoms with Crippen LogP contribution in [-0.2, 0) is 22.4 Å². The number of aryl methyl sites for hydroxylation is 1. The molecule has 3 aliphatic rings. The first-order valence-electron chi connectivity index (χ1n) is 18.8. The van der Waals surface area contributed by atoms with Crippen LogP contribution in [0.1, 0.15) is 62.5 Å². The molecule has 3 aromatic carbocycles. The molecule has 7 nitrogen and oxygen atoms in total. The molecule has 3 saturated heterocycles. The average Bonchev–Trinajstić information content (AvgIpc) is 3.33. The minimum Gasteiger partial charge on any atom is -0.480 e. The summed E-state index contributed by atoms with van der Waals surface area (Å²) in [5.74, 6) is -3.08. The molecule has 0 aliphatic carbocycles. The molecule has 3 fully saturated rings. The van der Waals surface area contributed by atoms with Crippen LogP contribution in [0.25, 0.3) is 32.8 Å². The Morgan fingerprint density at radius 1 is 0.889 bits per heavy atom. The van der Waals surface area contributed by atoms with Crippen LogP contribution in [0.3, 0.4) is 0 Å². The van der Waals surface area contributed by atoms with Gasteiger partial charge in [0.2, 0.25) is 5.91 Å². The van der Waals surface area contributed by atoms with Crippen LogP contribution >= 0.6 is 0 Å². The van der Waals surface area contributed by atoms with Gasteiger partial charge >= 0.3 is 18.3 Å². The number of amides is 1. The van der Waals surface area contributed by atoms with Gasteiger partial charge in [-0.15, -0.1) is 0 Å². The molecule has 1 amide bonds. The van der Waals surface area contributed by atoms with Crippen molar-refractivity contribution in [2.45, 2.75) is 94.7 Å². The Morgan fingerprint density at radius 3 is 2.28 bits per heavy atom. The topological polar surface area (TPSA) is 85.8 Å². The van der Waals surface area contributed by atoms with Gasteiger partial charge in [0.15, 0.2) is 0 Å². The number of carbonyl (C=O) groups excluding carboxylic acids is 1. The van der Waals surface area contributed by atoms with E-state index >= 15 is 0 Å². The molecule has 1 aromatic heterocycles. The lowest BCUT2D eigenvalue weighted by Crippen LogP contribution is -2.59. The van der Waals surface area contributed by atoms with Gasteiger partial charge in [0, 0.05) is 35.7 Å². The molecule has 4 aromatic rings. The van der Waals surface area contributed by atoms with Gasteiger partial charge in [0.25, 0.3) is 0 Å². The molecule has 7 rings (SSSR count). The van der Waals surface area contributed by atoms with Crippen LogP contribution in [-0.4, -0.2) is 88.4 Å². The molecule has 2 bridgehead atoms. The van der Waals surface area contributed by atoms with E-state index in [9.17, 15) is 41.0 Å². The molecule has 2 N–H and O–H groups in total. The number of likely N-dealkylation sites (tertiary alicyclic amines) is 1. The summed E-state index contributed by atoms with van der Waals surface area (Å²) in [6.07, 6.45) is -1.56. The molecule has 288 valence electrons. The van der Waals surface area contributed by atoms with Crippen molar-refractivity contribution in [3.8, 4) is 11.3 Å². The summed E-state index contributed by atoms with van der Waals surface area (Å²) < 4.78 is 82.1. The van der Waals surface area contributed by atoms with Crippen molar-refractivity contribution in [3.63, 3.8) is 0 Å². The number of carboxylic acid groups (broad SMARTS) is 1. The van der Waals surface area contributed by atoms with Crippen LogP contribution in [0.15, 0.2) is 66.9 Å². The fourth-order valence-corrected chi connectivity index (χ4v) is 9.10. The van der Waals surface area contributed by atoms with E-state index in [2.05, 4.69) is 28.4 Å². The number of aromatic nitrogens is 1. The normalized spacial score (nSPS) is 21.4. The van der Waals surface area contributed by atoms with Crippen molar-refractivity contribution in [2.75, 3.05) is 26.2 Å². The molecular formula is C41H44F6N4O3. The number of hydrogen-bond donors (Lipinski definition) is 2. The van der Waals surface area contributed by atoms with Crippen LogP contribution in [0.4, 0.5) is 26.3 Å². The third-order valence-corrected chi connectivity index (χ3v) is 11.9. The van der Waals surface area contributed by atoms with Crippen LogP contribution in [0.5, 0.6) is 0 Å². The summed E-state index contributed by atoms with van der Waals surface area (Å²) in [5.41, 5.74) is 0.249. The number of alkyl halides is 6. The summed E-state index contributed by atoms with van der Waals surface area (Å²) in [6.45, 7) is -1.52. The summed E-state index contributed by atoms with van der Waals surface area (Å²) in [4.78, 5) is 34.1. The smallest absolute Gasteiger partial charge is 0.403 e. The lowest BCUT2D eigenvalue weighted by atomic mass is 9.76. The van der Waals surface area contributed by atoms with Crippen molar-refractivity contribution in [1.82, 2.24) is 20.1 Å². The van der Waals surface area contributed by atoms with Gasteiger partial charge in [-0.2, -0.15) is 26.3 Å². The van der Waals surface area contributed by atoms with Crippen LogP contribution in [0, 0.1) is 5.41 Å². The Morgan fingerprint density at radius 2 is 1.59 bits per heavy atom. The number of pyridine rings is 1. The Hall–Kier alpha value is -4.23. The van der Waals surface area contributed by atoms with Gasteiger partial charge < -0.3 is 10.4 Å². The van der Waals surface area contributed by atoms with E-state index in [1.165, 1.54) is 37.7 Å². The first-order valence-corrected chi connectivity index (χ1v) is 18.8. The molecule has 0 spiro atoms. The van der Waals surface area contributed by atoms with Crippen molar-refractivity contribution >= 4 is 33.4 Å². The number of benzene rings is 3. The maximum absolute atomic E-state index is 14.5. The van der Waals surface area contributed by atoms with Crippen molar-refractivity contribution < 1.29 is 41.0 Å². The predicted molar refractivity (Wildman–Crippen MR) is 194 cm³/mol. The summed E-state index contributed by atoms with van der Waals surface area (Å²) in [7, 11) is 0. The number of carbonyl (C=O) groups is 2. The number of carboxylic acids is 1. The Bertz CT molecular complexity index is 1990. The Labute approximate surface area is 309 Å². The maximum atomic E-state index is 14.5. The standard InChI is InChI=1S/C41H44F6N4O3/c42-40(43,44)25-50-21-17-39(18-22-50,41(45,46)47)38(54)49-35(37(52)53)24-28-6-1-10-32-31(28)9-3-11-33(32)36-34-23-26(12-13-27(34)16-19-48-36)5-4-20-51-29-7-2-8-30(51)15-14-29/h1,3,6,9-13,16,19,23,29-30,35H,2,4-5,7-8,14-15,17-18,20-22,24-25H2,(H,49,54)(H,52,53)/t29?,30?,35-/m0/s1. The highest BCUT2D eigenvalue weighted by molar-refractivity contribution is 6.05. The molecule has 54 heavy (non-hydrogen) atoms. The van der Waals surface area contributed by atoms with E-state index in [4.69, 9.17) is 4.98 Å². The molecule has 0 radical (unpaired) electrons. The van der Waals surface area contributed by atoms with Crippen LogP contribution < -0.4 is 5.32 Å². The number of piperidine rings is 2. The third-order valence-electron chi connectivity index (χ3n) is 11.9. The van der Waals surface area contributed by atoms with E-state index < -0.39 is 68.2 Å². The van der Waals surface area contributed by atoms with Gasteiger partial charge in [-0.3, -0.25) is 19.6 Å². The molecule has 2 unspecified atom stereocenters. The highest BCUT2D eigenvalue weighted by Gasteiger charge is 2.61. The second-order valence-corrected chi connectivity index (χ2v) is 15.2. The molecular weight excluding hydrogens is 710 g/mol. The Kier molecular flexibility index (Phi) is 10.7. The zero-order valence-electron chi connectivity index (χ0n) is 29.9. The van der Waals surface area contributed by atoms with Crippen molar-refractivity contribution in [3.05, 3.63) is 78.0 Å². The molecule has 3 atom stereocenters. The minimum atomic E-state index is -5.10. The van der Waals surface area contributed by atoms with E-state index in [0.717, 1.165) is 63.8 Å². The molecule has 13 heteroatoms. The zero-order valence-corrected chi connectivity index (χ0v) is 29.9. The number of aliphatic carboxylic acids is 1. The Balaban J connectivity index is 1.12. The largest absolute Gasteiger partial charge is 0.480 e. The van der Waals surface area contributed by atoms with E-state index in [-0.39, 0.29) is 6.42 Å². The fraction of sp³-hybridized carbons (Fsp3) is 0.488. The van der Waals surface area contributed by atoms with Gasteiger partial charge in [0.1, 0.15) is 11.5 Å². The number of halogens is 6. The number of nitrogens with zero attached hydrogens (tertiary/aromatic N) is 3. The summed E-state index contributed by atoms with van der Waals surface area (Å²) >= 11 is 0. The monoisotopic (exact) mass is 754 g/mol. The third kappa shape index (κ3) is 7.80. The van der Waals surface area contributed by atoms with Gasteiger partial charge in [0.05, 0.1) is 12.2 Å². The lowest BCUT2D eigenvalue weighted by molar-refractivity contribution is -0.236. The minimum absolute atomic E-state index is 0.318. The van der Waals surface area contributed by atoms with Gasteiger partial charge in [-0.05, 0) is 110 Å². The van der Waals surface area contributed by atoms with Gasteiger partial charge in [-0.25, -0.2) is 4.79 Å². The average molecular weight is 755 g/mol. The SMILES string of the molecule is O=C(O)[C@H](Cc1cccc2c(-c3nccc4ccc(CCCN5C6CCCC5CC6)cc34)cccc12)NC(=O)C1(C(F)(F)F)CCN(CC(F)(F)F)CC1. The predicted octanol–water partition coefficient (Wildman–Crippen LogP) is 8.32. The second kappa shape index (κ2) is 15.1. The van der Waals surface area contributed by atoms with Gasteiger partial charge in [-0.1, -0.05) is 55.0 Å². The van der Waals surface area contributed by atoms with Crippen molar-refractivity contribution in [2.24, 2.45) is 5.41 Å². The molecule has 0 saturated carbocycles. The van der Waals surface area contributed by atoms with Crippen LogP contribution in [0.2, 0.25) is 0 Å². The van der Waals surface area contributed by atoms with Crippen molar-refractivity contribution in [1.29, 1.82) is 0 Å². The highest BCUT2D eigenvalue weighted by Crippen LogP contribution is 2.47. The number of nitrogens with one attached hydrogen (secondary N) is 1. The summed E-state index contributed by atoms with van der Waals surface area (Å²) in [6, 6.07) is 19.0. The number of hydrogen-bond acceptors (Lipinski definition) is 5. The first kappa shape index (κ1) is 38.1. The molecule has 3 aliphatic heterocycles. The highest BCUT2D eigenvalue weighted by atomic mass is 19.4. The maximum Gasteiger partial charge on any atom is 0.403 e. The number of rotatable bonds is 11. The first-order chi connectivity index (χ1) is 25.7. The fourth-order valence-electron chi connectivity index (χ4n) is 9.10. The van der Waals surface area contributed by atoms with E-state index in [1.54, 1.807) is 24.4 Å².